The monoisotopic (exact) mass is 206 g/mol. The molecule has 0 heterocycles. The van der Waals surface area contributed by atoms with Crippen LogP contribution in [0.3, 0.4) is 0 Å². The minimum atomic E-state index is -3.52. The molecule has 70 valence electrons. The molecule has 12 heavy (non-hydrogen) atoms. The fourth-order valence-electron chi connectivity index (χ4n) is 0.756. The number of nitrogens with two attached hydrogens (primary N) is 2. The van der Waals surface area contributed by atoms with Crippen molar-refractivity contribution in [3.05, 3.63) is 0 Å². The van der Waals surface area contributed by atoms with E-state index in [9.17, 15) is 8.42 Å². The second-order valence-electron chi connectivity index (χ2n) is 2.50. The predicted octanol–water partition coefficient (Wildman–Crippen LogP) is -1.46. The third kappa shape index (κ3) is 7.48. The Kier molecular flexibility index (Phi) is 9.25. The van der Waals surface area contributed by atoms with Crippen molar-refractivity contribution < 1.29 is 12.7 Å². The van der Waals surface area contributed by atoms with Crippen molar-refractivity contribution in [2.24, 2.45) is 17.5 Å². The Morgan fingerprint density at radius 2 is 2.00 bits per heavy atom. The Bertz CT molecular complexity index is 195. The number of rotatable bonds is 5. The fraction of sp³-hybridized carbons (Fsp3) is 1.00. The molecule has 0 bridgehead atoms. The molecule has 0 aliphatic rings. The molecule has 1 atom stereocenters. The first-order valence-corrected chi connectivity index (χ1v) is 4.90. The summed E-state index contributed by atoms with van der Waals surface area (Å²) in [6.45, 7) is 2.25. The first-order valence-electron chi connectivity index (χ1n) is 3.33. The molecule has 0 aromatic rings. The van der Waals surface area contributed by atoms with Crippen LogP contribution in [-0.2, 0) is 14.4 Å². The van der Waals surface area contributed by atoms with Crippen molar-refractivity contribution in [2.45, 2.75) is 13.3 Å². The summed E-state index contributed by atoms with van der Waals surface area (Å²) in [5.74, 6) is 4.46. The molecule has 5 nitrogen and oxygen atoms in total. The van der Waals surface area contributed by atoms with E-state index in [4.69, 9.17) is 5.73 Å². The van der Waals surface area contributed by atoms with Gasteiger partial charge in [-0.2, -0.15) is 18.6 Å². The molecule has 0 rings (SSSR count). The van der Waals surface area contributed by atoms with E-state index in [1.807, 2.05) is 0 Å². The quantitative estimate of drug-likeness (QED) is 0.423. The van der Waals surface area contributed by atoms with E-state index in [1.165, 1.54) is 0 Å². The van der Waals surface area contributed by atoms with Crippen LogP contribution in [0.25, 0.3) is 0 Å². The maximum absolute atomic E-state index is 10.7. The van der Waals surface area contributed by atoms with E-state index >= 15 is 0 Å². The summed E-state index contributed by atoms with van der Waals surface area (Å²) >= 11 is 0. The maximum atomic E-state index is 10.7. The summed E-state index contributed by atoms with van der Waals surface area (Å²) in [5.41, 5.74) is 5.22. The normalized spacial score (nSPS) is 13.6. The van der Waals surface area contributed by atoms with Crippen LogP contribution in [-0.4, -0.2) is 50.3 Å². The zero-order valence-electron chi connectivity index (χ0n) is 6.49. The Balaban J connectivity index is 0. The molecule has 0 saturated carbocycles. The summed E-state index contributed by atoms with van der Waals surface area (Å²) in [7, 11) is -3.52. The van der Waals surface area contributed by atoms with Crippen LogP contribution >= 0.6 is 0 Å². The van der Waals surface area contributed by atoms with Gasteiger partial charge in [-0.05, 0) is 18.9 Å². The van der Waals surface area contributed by atoms with Gasteiger partial charge in [-0.15, -0.1) is 0 Å². The van der Waals surface area contributed by atoms with Gasteiger partial charge >= 0.3 is 29.6 Å². The third-order valence-electron chi connectivity index (χ3n) is 1.29. The average Bonchev–Trinajstić information content (AvgIpc) is 1.87. The van der Waals surface area contributed by atoms with Crippen LogP contribution < -0.4 is 11.6 Å². The van der Waals surface area contributed by atoms with Gasteiger partial charge in [-0.3, -0.25) is 0 Å². The van der Waals surface area contributed by atoms with E-state index in [2.05, 4.69) is 10.2 Å². The van der Waals surface area contributed by atoms with Crippen molar-refractivity contribution >= 4 is 39.7 Å². The van der Waals surface area contributed by atoms with Gasteiger partial charge in [0.1, 0.15) is 0 Å². The molecule has 1 unspecified atom stereocenters. The predicted molar refractivity (Wildman–Crippen MR) is 49.0 cm³/mol. The summed E-state index contributed by atoms with van der Waals surface area (Å²) in [4.78, 5) is 0. The summed E-state index contributed by atoms with van der Waals surface area (Å²) in [5, 5.41) is 0. The van der Waals surface area contributed by atoms with Gasteiger partial charge in [-0.1, -0.05) is 6.92 Å². The molecule has 0 radical (unpaired) electrons. The molecular formula is C5H15N2NaO3S. The van der Waals surface area contributed by atoms with Crippen molar-refractivity contribution in [1.29, 1.82) is 0 Å². The summed E-state index contributed by atoms with van der Waals surface area (Å²) in [6, 6.07) is 0. The number of hydrogen-bond acceptors (Lipinski definition) is 5. The molecule has 0 fully saturated rings. The third-order valence-corrected chi connectivity index (χ3v) is 2.57. The molecule has 0 spiro atoms. The molecule has 0 saturated heterocycles. The SMILES string of the molecule is CC(CCN)CS(=O)(=O)ON.[NaH]. The van der Waals surface area contributed by atoms with E-state index in [1.54, 1.807) is 6.92 Å². The molecule has 0 amide bonds. The Hall–Kier alpha value is 0.830. The molecule has 0 aromatic carbocycles. The van der Waals surface area contributed by atoms with Gasteiger partial charge < -0.3 is 5.73 Å². The topological polar surface area (TPSA) is 95.4 Å². The average molecular weight is 206 g/mol. The van der Waals surface area contributed by atoms with E-state index in [0.717, 1.165) is 0 Å². The Morgan fingerprint density at radius 3 is 2.33 bits per heavy atom. The first kappa shape index (κ1) is 15.3. The van der Waals surface area contributed by atoms with Crippen molar-refractivity contribution in [3.8, 4) is 0 Å². The molecular weight excluding hydrogens is 191 g/mol. The minimum absolute atomic E-state index is 0. The second-order valence-corrected chi connectivity index (χ2v) is 4.14. The summed E-state index contributed by atoms with van der Waals surface area (Å²) < 4.78 is 25.2. The van der Waals surface area contributed by atoms with Crippen molar-refractivity contribution in [3.63, 3.8) is 0 Å². The van der Waals surface area contributed by atoms with E-state index in [0.29, 0.717) is 13.0 Å². The van der Waals surface area contributed by atoms with E-state index in [-0.39, 0.29) is 41.2 Å². The van der Waals surface area contributed by atoms with Crippen LogP contribution in [0.2, 0.25) is 0 Å². The van der Waals surface area contributed by atoms with Gasteiger partial charge in [-0.25, -0.2) is 0 Å². The van der Waals surface area contributed by atoms with Crippen molar-refractivity contribution in [2.75, 3.05) is 12.3 Å². The molecule has 0 aliphatic carbocycles. The van der Waals surface area contributed by atoms with Gasteiger partial charge in [0, 0.05) is 0 Å². The van der Waals surface area contributed by atoms with Crippen LogP contribution in [0, 0.1) is 5.92 Å². The Labute approximate surface area is 95.2 Å². The second kappa shape index (κ2) is 7.25. The first-order chi connectivity index (χ1) is 5.02. The van der Waals surface area contributed by atoms with Gasteiger partial charge in [0.15, 0.2) is 0 Å². The standard InChI is InChI=1S/C5H14N2O3S.Na.H/c1-5(2-3-6)4-11(8,9)10-7;;/h5H,2-4,6-7H2,1H3;;. The summed E-state index contributed by atoms with van der Waals surface area (Å²) in [6.07, 6.45) is 0.655. The Morgan fingerprint density at radius 1 is 1.50 bits per heavy atom. The van der Waals surface area contributed by atoms with Gasteiger partial charge in [0.2, 0.25) is 0 Å². The zero-order valence-corrected chi connectivity index (χ0v) is 7.30. The molecule has 0 aromatic heterocycles. The fourth-order valence-corrected chi connectivity index (χ4v) is 1.70. The van der Waals surface area contributed by atoms with Crippen molar-refractivity contribution in [1.82, 2.24) is 0 Å². The zero-order chi connectivity index (χ0) is 8.91. The van der Waals surface area contributed by atoms with Crippen LogP contribution in [0.5, 0.6) is 0 Å². The van der Waals surface area contributed by atoms with E-state index < -0.39 is 10.1 Å². The molecule has 4 N–H and O–H groups in total. The molecule has 7 heteroatoms. The van der Waals surface area contributed by atoms with Gasteiger partial charge in [0.25, 0.3) is 10.1 Å². The molecule has 0 aliphatic heterocycles. The number of hydrogen-bond donors (Lipinski definition) is 2. The van der Waals surface area contributed by atoms with Crippen LogP contribution in [0.4, 0.5) is 0 Å². The van der Waals surface area contributed by atoms with Crippen LogP contribution in [0.15, 0.2) is 0 Å². The van der Waals surface area contributed by atoms with Gasteiger partial charge in [0.05, 0.1) is 5.75 Å². The van der Waals surface area contributed by atoms with Crippen LogP contribution in [0.1, 0.15) is 13.3 Å².